The molecule has 0 atom stereocenters. The van der Waals surface area contributed by atoms with Crippen LogP contribution in [0.3, 0.4) is 0 Å². The Bertz CT molecular complexity index is 435. The molecule has 0 bridgehead atoms. The van der Waals surface area contributed by atoms with Crippen LogP contribution in [-0.4, -0.2) is 16.6 Å². The lowest BCUT2D eigenvalue weighted by atomic mass is 10.1. The Labute approximate surface area is 124 Å². The fraction of sp³-hybridized carbons (Fsp3) is 0.364. The smallest absolute Gasteiger partial charge is 0.298 e. The Kier molecular flexibility index (Phi) is 6.20. The monoisotopic (exact) mass is 404 g/mol. The maximum Gasteiger partial charge on any atom is 0.446 e. The first-order valence-electron chi connectivity index (χ1n) is 4.87. The second-order valence-electron chi connectivity index (χ2n) is 3.47. The largest absolute Gasteiger partial charge is 0.446 e. The number of carbonyl (C=O) groups is 1. The highest BCUT2D eigenvalue weighted by atomic mass is 79.9. The summed E-state index contributed by atoms with van der Waals surface area (Å²) in [5.41, 5.74) is -3.04. The normalized spacial score (nSPS) is 11.6. The minimum Gasteiger partial charge on any atom is -0.298 e. The van der Waals surface area contributed by atoms with E-state index in [0.717, 1.165) is 5.56 Å². The zero-order valence-electron chi connectivity index (χ0n) is 9.06. The molecule has 0 N–H and O–H groups in total. The molecule has 0 aliphatic carbocycles. The zero-order chi connectivity index (χ0) is 13.8. The third-order valence-electron chi connectivity index (χ3n) is 2.04. The average molecular weight is 406 g/mol. The topological polar surface area (TPSA) is 17.1 Å². The summed E-state index contributed by atoms with van der Waals surface area (Å²) < 4.78 is 36.9. The number of carbonyl (C=O) groups excluding carboxylic acids is 1. The van der Waals surface area contributed by atoms with Crippen LogP contribution < -0.4 is 0 Å². The molecule has 1 aromatic carbocycles. The van der Waals surface area contributed by atoms with Crippen LogP contribution in [0.5, 0.6) is 0 Å². The summed E-state index contributed by atoms with van der Waals surface area (Å²) in [6, 6.07) is 4.59. The minimum atomic E-state index is -4.30. The van der Waals surface area contributed by atoms with Crippen molar-refractivity contribution in [3.63, 3.8) is 0 Å². The molecule has 0 heterocycles. The molecule has 0 saturated carbocycles. The minimum absolute atomic E-state index is 0.00764. The number of ketones is 1. The van der Waals surface area contributed by atoms with Crippen molar-refractivity contribution in [2.45, 2.75) is 22.2 Å². The van der Waals surface area contributed by atoms with Crippen molar-refractivity contribution in [3.05, 3.63) is 29.3 Å². The number of hydrogen-bond donors (Lipinski definition) is 0. The molecule has 0 unspecified atom stereocenters. The quantitative estimate of drug-likeness (QED) is 0.521. The predicted molar refractivity (Wildman–Crippen MR) is 73.5 cm³/mol. The molecule has 1 nitrogen and oxygen atoms in total. The zero-order valence-corrected chi connectivity index (χ0v) is 13.0. The van der Waals surface area contributed by atoms with Crippen LogP contribution in [0.15, 0.2) is 23.1 Å². The first-order chi connectivity index (χ1) is 8.35. The lowest BCUT2D eigenvalue weighted by molar-refractivity contribution is -0.115. The van der Waals surface area contributed by atoms with Gasteiger partial charge in [-0.2, -0.15) is 13.2 Å². The molecule has 0 aliphatic rings. The van der Waals surface area contributed by atoms with Crippen molar-refractivity contribution in [2.24, 2.45) is 0 Å². The van der Waals surface area contributed by atoms with Crippen LogP contribution in [0.25, 0.3) is 0 Å². The molecule has 7 heteroatoms. The number of alkyl halides is 5. The van der Waals surface area contributed by atoms with Gasteiger partial charge in [-0.15, -0.1) is 0 Å². The highest BCUT2D eigenvalue weighted by molar-refractivity contribution is 9.09. The molecule has 0 saturated heterocycles. The van der Waals surface area contributed by atoms with Crippen molar-refractivity contribution < 1.29 is 18.0 Å². The Morgan fingerprint density at radius 3 is 2.44 bits per heavy atom. The van der Waals surface area contributed by atoms with Gasteiger partial charge >= 0.3 is 5.51 Å². The molecular weight excluding hydrogens is 397 g/mol. The Morgan fingerprint density at radius 1 is 1.28 bits per heavy atom. The summed E-state index contributed by atoms with van der Waals surface area (Å²) in [6.45, 7) is 0. The number of benzene rings is 1. The maximum absolute atomic E-state index is 12.3. The molecule has 1 rings (SSSR count). The van der Waals surface area contributed by atoms with E-state index in [1.165, 1.54) is 6.07 Å². The standard InChI is InChI=1S/C11H9Br2F3OS/c12-5-8-3-7(4-9(17)6-13)1-2-10(8)18-11(14,15)16/h1-3H,4-6H2. The maximum atomic E-state index is 12.3. The van der Waals surface area contributed by atoms with E-state index < -0.39 is 5.51 Å². The van der Waals surface area contributed by atoms with Gasteiger partial charge in [-0.05, 0) is 29.0 Å². The van der Waals surface area contributed by atoms with Gasteiger partial charge in [-0.25, -0.2) is 0 Å². The predicted octanol–water partition coefficient (Wildman–Crippen LogP) is 4.70. The van der Waals surface area contributed by atoms with Crippen molar-refractivity contribution in [3.8, 4) is 0 Å². The van der Waals surface area contributed by atoms with Gasteiger partial charge in [-0.1, -0.05) is 44.0 Å². The van der Waals surface area contributed by atoms with E-state index in [-0.39, 0.29) is 34.2 Å². The van der Waals surface area contributed by atoms with Gasteiger partial charge in [0.2, 0.25) is 0 Å². The SMILES string of the molecule is O=C(CBr)Cc1ccc(SC(F)(F)F)c(CBr)c1. The number of thioether (sulfide) groups is 1. The van der Waals surface area contributed by atoms with Gasteiger partial charge in [0.05, 0.1) is 5.33 Å². The third kappa shape index (κ3) is 5.32. The van der Waals surface area contributed by atoms with Crippen LogP contribution in [0.4, 0.5) is 13.2 Å². The van der Waals surface area contributed by atoms with E-state index in [2.05, 4.69) is 31.9 Å². The second kappa shape index (κ2) is 6.96. The van der Waals surface area contributed by atoms with Gasteiger partial charge in [-0.3, -0.25) is 4.79 Å². The molecule has 0 aromatic heterocycles. The van der Waals surface area contributed by atoms with Crippen molar-refractivity contribution >= 4 is 49.4 Å². The van der Waals surface area contributed by atoms with Crippen molar-refractivity contribution in [1.29, 1.82) is 0 Å². The molecule has 0 spiro atoms. The number of rotatable bonds is 5. The van der Waals surface area contributed by atoms with Gasteiger partial charge in [0.1, 0.15) is 5.78 Å². The number of hydrogen-bond acceptors (Lipinski definition) is 2. The summed E-state index contributed by atoms with van der Waals surface area (Å²) in [5, 5.41) is 0.567. The van der Waals surface area contributed by atoms with Gasteiger partial charge in [0.15, 0.2) is 0 Å². The highest BCUT2D eigenvalue weighted by Gasteiger charge is 2.30. The van der Waals surface area contributed by atoms with E-state index in [1.54, 1.807) is 12.1 Å². The second-order valence-corrected chi connectivity index (χ2v) is 5.70. The van der Waals surface area contributed by atoms with Gasteiger partial charge < -0.3 is 0 Å². The molecule has 18 heavy (non-hydrogen) atoms. The van der Waals surface area contributed by atoms with E-state index in [4.69, 9.17) is 0 Å². The molecular formula is C11H9Br2F3OS. The van der Waals surface area contributed by atoms with Crippen LogP contribution >= 0.6 is 43.6 Å². The van der Waals surface area contributed by atoms with E-state index in [1.807, 2.05) is 0 Å². The Hall–Kier alpha value is -0.0100. The fourth-order valence-electron chi connectivity index (χ4n) is 1.35. The lowest BCUT2D eigenvalue weighted by Crippen LogP contribution is -2.05. The summed E-state index contributed by atoms with van der Waals surface area (Å²) in [7, 11) is 0. The number of Topliss-reactive ketones (excluding diaryl/α,β-unsaturated/α-hetero) is 1. The molecule has 0 amide bonds. The summed E-state index contributed by atoms with van der Waals surface area (Å²) >= 11 is 6.07. The van der Waals surface area contributed by atoms with E-state index >= 15 is 0 Å². The fourth-order valence-corrected chi connectivity index (χ4v) is 2.84. The number of halogens is 5. The highest BCUT2D eigenvalue weighted by Crippen LogP contribution is 2.39. The van der Waals surface area contributed by atoms with E-state index in [0.29, 0.717) is 10.9 Å². The van der Waals surface area contributed by atoms with Crippen LogP contribution in [0.1, 0.15) is 11.1 Å². The van der Waals surface area contributed by atoms with Crippen LogP contribution in [-0.2, 0) is 16.5 Å². The molecule has 0 aliphatic heterocycles. The van der Waals surface area contributed by atoms with Crippen LogP contribution in [0, 0.1) is 0 Å². The molecule has 0 radical (unpaired) electrons. The summed E-state index contributed by atoms with van der Waals surface area (Å²) in [5.74, 6) is -0.00764. The van der Waals surface area contributed by atoms with Crippen LogP contribution in [0.2, 0.25) is 0 Å². The Balaban J connectivity index is 2.93. The lowest BCUT2D eigenvalue weighted by Gasteiger charge is -2.11. The molecule has 1 aromatic rings. The van der Waals surface area contributed by atoms with E-state index in [9.17, 15) is 18.0 Å². The Morgan fingerprint density at radius 2 is 1.94 bits per heavy atom. The first-order valence-corrected chi connectivity index (χ1v) is 7.93. The molecule has 0 fully saturated rings. The van der Waals surface area contributed by atoms with Gasteiger partial charge in [0.25, 0.3) is 0 Å². The van der Waals surface area contributed by atoms with Gasteiger partial charge in [0, 0.05) is 16.6 Å². The summed E-state index contributed by atoms with van der Waals surface area (Å²) in [4.78, 5) is 11.4. The first kappa shape index (κ1) is 16.0. The van der Waals surface area contributed by atoms with Crippen molar-refractivity contribution in [1.82, 2.24) is 0 Å². The third-order valence-corrected chi connectivity index (χ3v) is 4.12. The van der Waals surface area contributed by atoms with Crippen molar-refractivity contribution in [2.75, 3.05) is 5.33 Å². The average Bonchev–Trinajstić information content (AvgIpc) is 2.29. The summed E-state index contributed by atoms with van der Waals surface area (Å²) in [6.07, 6.45) is 0.224. The molecule has 100 valence electrons.